The minimum Gasteiger partial charge on any atom is -0.478 e. The van der Waals surface area contributed by atoms with Crippen LogP contribution in [0.15, 0.2) is 54.7 Å². The van der Waals surface area contributed by atoms with Gasteiger partial charge in [0.1, 0.15) is 11.3 Å². The van der Waals surface area contributed by atoms with Gasteiger partial charge >= 0.3 is 5.97 Å². The van der Waals surface area contributed by atoms with E-state index in [1.54, 1.807) is 48.5 Å². The molecule has 0 atom stereocenters. The summed E-state index contributed by atoms with van der Waals surface area (Å²) in [5, 5.41) is 10.0. The Bertz CT molecular complexity index is 910. The van der Waals surface area contributed by atoms with Crippen molar-refractivity contribution in [1.29, 1.82) is 0 Å². The second-order valence-corrected chi connectivity index (χ2v) is 4.59. The van der Waals surface area contributed by atoms with Gasteiger partial charge in [0, 0.05) is 10.9 Å². The lowest BCUT2D eigenvalue weighted by atomic mass is 10.1. The Kier molecular flexibility index (Phi) is 3.47. The number of fused-ring (bicyclic) bond motifs is 1. The molecule has 3 aromatic rings. The first-order chi connectivity index (χ1) is 10.7. The molecule has 0 bridgehead atoms. The number of nitrogens with zero attached hydrogens (tertiary/aromatic N) is 1. The van der Waals surface area contributed by atoms with E-state index in [4.69, 9.17) is 11.2 Å². The molecular weight excluding hydrogens is 278 g/mol. The Labute approximate surface area is 127 Å². The molecule has 4 nitrogen and oxygen atoms in total. The van der Waals surface area contributed by atoms with Crippen molar-refractivity contribution in [3.05, 3.63) is 65.9 Å². The molecule has 0 aliphatic heterocycles. The SMILES string of the molecule is C#Cc1cccc(Oc2cnc3ccccc3c2C(=O)O)c1. The van der Waals surface area contributed by atoms with Crippen LogP contribution in [0.5, 0.6) is 11.5 Å². The summed E-state index contributed by atoms with van der Waals surface area (Å²) < 4.78 is 5.68. The standard InChI is InChI=1S/C18H11NO3/c1-2-12-6-5-7-13(10-12)22-16-11-19-15-9-4-3-8-14(15)17(16)18(20)21/h1,3-11H,(H,20,21). The molecule has 0 saturated heterocycles. The highest BCUT2D eigenvalue weighted by Gasteiger charge is 2.17. The van der Waals surface area contributed by atoms with E-state index in [-0.39, 0.29) is 11.3 Å². The molecule has 1 N–H and O–H groups in total. The predicted octanol–water partition coefficient (Wildman–Crippen LogP) is 3.71. The molecule has 0 amide bonds. The maximum atomic E-state index is 11.6. The number of carboxylic acid groups (broad SMARTS) is 1. The molecule has 0 unspecified atom stereocenters. The molecule has 0 fully saturated rings. The number of aromatic nitrogens is 1. The lowest BCUT2D eigenvalue weighted by Gasteiger charge is -2.10. The number of hydrogen-bond acceptors (Lipinski definition) is 3. The fraction of sp³-hybridized carbons (Fsp3) is 0. The smallest absolute Gasteiger partial charge is 0.340 e. The number of aromatic carboxylic acids is 1. The molecule has 4 heteroatoms. The van der Waals surface area contributed by atoms with Gasteiger partial charge in [-0.05, 0) is 24.3 Å². The molecule has 2 aromatic carbocycles. The summed E-state index contributed by atoms with van der Waals surface area (Å²) in [4.78, 5) is 15.8. The summed E-state index contributed by atoms with van der Waals surface area (Å²) in [7, 11) is 0. The van der Waals surface area contributed by atoms with Gasteiger partial charge in [0.15, 0.2) is 5.75 Å². The highest BCUT2D eigenvalue weighted by atomic mass is 16.5. The van der Waals surface area contributed by atoms with Gasteiger partial charge in [0.2, 0.25) is 0 Å². The number of carboxylic acids is 1. The molecule has 1 heterocycles. The number of para-hydroxylation sites is 1. The zero-order valence-corrected chi connectivity index (χ0v) is 11.5. The average molecular weight is 289 g/mol. The normalized spacial score (nSPS) is 10.1. The van der Waals surface area contributed by atoms with Crippen molar-refractivity contribution in [2.24, 2.45) is 0 Å². The summed E-state index contributed by atoms with van der Waals surface area (Å²) in [6, 6.07) is 13.9. The van der Waals surface area contributed by atoms with Gasteiger partial charge in [-0.2, -0.15) is 0 Å². The fourth-order valence-corrected chi connectivity index (χ4v) is 2.20. The third-order valence-corrected chi connectivity index (χ3v) is 3.18. The van der Waals surface area contributed by atoms with Crippen molar-refractivity contribution in [3.8, 4) is 23.8 Å². The van der Waals surface area contributed by atoms with E-state index < -0.39 is 5.97 Å². The Morgan fingerprint density at radius 3 is 2.77 bits per heavy atom. The van der Waals surface area contributed by atoms with Crippen molar-refractivity contribution in [3.63, 3.8) is 0 Å². The van der Waals surface area contributed by atoms with E-state index in [1.807, 2.05) is 0 Å². The van der Waals surface area contributed by atoms with E-state index in [9.17, 15) is 9.90 Å². The van der Waals surface area contributed by atoms with Crippen LogP contribution in [0.1, 0.15) is 15.9 Å². The number of benzene rings is 2. The van der Waals surface area contributed by atoms with Gasteiger partial charge in [0.05, 0.1) is 11.7 Å². The average Bonchev–Trinajstić information content (AvgIpc) is 2.54. The van der Waals surface area contributed by atoms with Crippen LogP contribution < -0.4 is 4.74 Å². The molecule has 0 aliphatic rings. The predicted molar refractivity (Wildman–Crippen MR) is 83.2 cm³/mol. The molecule has 106 valence electrons. The highest BCUT2D eigenvalue weighted by molar-refractivity contribution is 6.04. The third-order valence-electron chi connectivity index (χ3n) is 3.18. The first kappa shape index (κ1) is 13.7. The Balaban J connectivity index is 2.12. The first-order valence-corrected chi connectivity index (χ1v) is 6.54. The van der Waals surface area contributed by atoms with Crippen molar-refractivity contribution in [1.82, 2.24) is 4.98 Å². The molecule has 0 aliphatic carbocycles. The number of pyridine rings is 1. The summed E-state index contributed by atoms with van der Waals surface area (Å²) in [5.41, 5.74) is 1.34. The largest absolute Gasteiger partial charge is 0.478 e. The number of rotatable bonds is 3. The lowest BCUT2D eigenvalue weighted by Crippen LogP contribution is -2.02. The van der Waals surface area contributed by atoms with Crippen LogP contribution in [0.3, 0.4) is 0 Å². The summed E-state index contributed by atoms with van der Waals surface area (Å²) >= 11 is 0. The van der Waals surface area contributed by atoms with Crippen molar-refractivity contribution < 1.29 is 14.6 Å². The van der Waals surface area contributed by atoms with Gasteiger partial charge in [-0.25, -0.2) is 4.79 Å². The van der Waals surface area contributed by atoms with Crippen LogP contribution in [-0.4, -0.2) is 16.1 Å². The zero-order valence-electron chi connectivity index (χ0n) is 11.5. The molecule has 0 spiro atoms. The quantitative estimate of drug-likeness (QED) is 0.747. The second-order valence-electron chi connectivity index (χ2n) is 4.59. The molecule has 3 rings (SSSR count). The first-order valence-electron chi connectivity index (χ1n) is 6.54. The maximum Gasteiger partial charge on any atom is 0.340 e. The minimum atomic E-state index is -1.07. The Morgan fingerprint density at radius 1 is 1.18 bits per heavy atom. The van der Waals surface area contributed by atoms with Gasteiger partial charge < -0.3 is 9.84 Å². The maximum absolute atomic E-state index is 11.6. The van der Waals surface area contributed by atoms with Gasteiger partial charge in [-0.1, -0.05) is 30.2 Å². The molecule has 0 saturated carbocycles. The van der Waals surface area contributed by atoms with E-state index in [0.717, 1.165) is 0 Å². The van der Waals surface area contributed by atoms with Crippen molar-refractivity contribution in [2.75, 3.05) is 0 Å². The number of hydrogen-bond donors (Lipinski definition) is 1. The highest BCUT2D eigenvalue weighted by Crippen LogP contribution is 2.30. The molecular formula is C18H11NO3. The van der Waals surface area contributed by atoms with E-state index in [2.05, 4.69) is 10.9 Å². The molecule has 0 radical (unpaired) electrons. The topological polar surface area (TPSA) is 59.4 Å². The van der Waals surface area contributed by atoms with Crippen LogP contribution in [0.4, 0.5) is 0 Å². The minimum absolute atomic E-state index is 0.0803. The summed E-state index contributed by atoms with van der Waals surface area (Å²) in [5.74, 6) is 2.09. The van der Waals surface area contributed by atoms with Gasteiger partial charge in [0.25, 0.3) is 0 Å². The Morgan fingerprint density at radius 2 is 2.00 bits per heavy atom. The zero-order chi connectivity index (χ0) is 15.5. The number of carbonyl (C=O) groups is 1. The fourth-order valence-electron chi connectivity index (χ4n) is 2.20. The van der Waals surface area contributed by atoms with Gasteiger partial charge in [-0.3, -0.25) is 4.98 Å². The van der Waals surface area contributed by atoms with E-state index in [0.29, 0.717) is 22.2 Å². The second kappa shape index (κ2) is 5.58. The van der Waals surface area contributed by atoms with E-state index in [1.165, 1.54) is 6.20 Å². The van der Waals surface area contributed by atoms with Crippen LogP contribution in [0, 0.1) is 12.3 Å². The van der Waals surface area contributed by atoms with Crippen LogP contribution >= 0.6 is 0 Å². The summed E-state index contributed by atoms with van der Waals surface area (Å²) in [6.45, 7) is 0. The van der Waals surface area contributed by atoms with Crippen molar-refractivity contribution >= 4 is 16.9 Å². The van der Waals surface area contributed by atoms with E-state index >= 15 is 0 Å². The van der Waals surface area contributed by atoms with Gasteiger partial charge in [-0.15, -0.1) is 6.42 Å². The Hall–Kier alpha value is -3.32. The van der Waals surface area contributed by atoms with Crippen LogP contribution in [-0.2, 0) is 0 Å². The monoisotopic (exact) mass is 289 g/mol. The number of ether oxygens (including phenoxy) is 1. The van der Waals surface area contributed by atoms with Crippen molar-refractivity contribution in [2.45, 2.75) is 0 Å². The lowest BCUT2D eigenvalue weighted by molar-refractivity contribution is 0.0696. The third kappa shape index (κ3) is 2.48. The summed E-state index contributed by atoms with van der Waals surface area (Å²) in [6.07, 6.45) is 6.76. The van der Waals surface area contributed by atoms with Crippen LogP contribution in [0.25, 0.3) is 10.9 Å². The molecule has 22 heavy (non-hydrogen) atoms. The number of terminal acetylenes is 1. The molecule has 1 aromatic heterocycles. The van der Waals surface area contributed by atoms with Crippen LogP contribution in [0.2, 0.25) is 0 Å².